The van der Waals surface area contributed by atoms with Crippen LogP contribution in [0.25, 0.3) is 0 Å². The molecule has 0 saturated heterocycles. The van der Waals surface area contributed by atoms with E-state index in [1.54, 1.807) is 0 Å². The summed E-state index contributed by atoms with van der Waals surface area (Å²) in [6.45, 7) is 6.13. The summed E-state index contributed by atoms with van der Waals surface area (Å²) in [6, 6.07) is 4.91. The van der Waals surface area contributed by atoms with Gasteiger partial charge >= 0.3 is 0 Å². The lowest BCUT2D eigenvalue weighted by Crippen LogP contribution is -2.40. The second-order valence-electron chi connectivity index (χ2n) is 4.94. The van der Waals surface area contributed by atoms with Gasteiger partial charge in [0.2, 0.25) is 0 Å². The first kappa shape index (κ1) is 12.4. The molecule has 1 aliphatic carbocycles. The Labute approximate surface area is 104 Å². The fourth-order valence-corrected chi connectivity index (χ4v) is 3.02. The number of rotatable bonds is 4. The second-order valence-corrected chi connectivity index (χ2v) is 4.94. The number of nitrogens with two attached hydrogens (primary N) is 1. The number of anilines is 1. The highest BCUT2D eigenvalue weighted by atomic mass is 15.2. The molecular weight excluding hydrogens is 210 g/mol. The van der Waals surface area contributed by atoms with Crippen molar-refractivity contribution in [3.63, 3.8) is 0 Å². The Balaban J connectivity index is 2.21. The van der Waals surface area contributed by atoms with E-state index in [9.17, 15) is 0 Å². The molecule has 3 nitrogen and oxygen atoms in total. The molecule has 0 radical (unpaired) electrons. The van der Waals surface area contributed by atoms with Crippen molar-refractivity contribution < 1.29 is 0 Å². The molecule has 1 saturated carbocycles. The van der Waals surface area contributed by atoms with Gasteiger partial charge in [0, 0.05) is 30.2 Å². The number of hydrogen-bond acceptors (Lipinski definition) is 3. The number of nitrogens with zero attached hydrogens (tertiary/aromatic N) is 2. The van der Waals surface area contributed by atoms with Crippen LogP contribution in [0.1, 0.15) is 31.9 Å². The molecule has 2 atom stereocenters. The molecule has 0 amide bonds. The monoisotopic (exact) mass is 233 g/mol. The van der Waals surface area contributed by atoms with Crippen LogP contribution in [0.2, 0.25) is 0 Å². The van der Waals surface area contributed by atoms with Crippen LogP contribution in [-0.4, -0.2) is 24.1 Å². The van der Waals surface area contributed by atoms with Crippen LogP contribution in [0, 0.1) is 12.8 Å². The van der Waals surface area contributed by atoms with E-state index in [4.69, 9.17) is 5.73 Å². The van der Waals surface area contributed by atoms with Gasteiger partial charge in [0.05, 0.1) is 0 Å². The third-order valence-corrected chi connectivity index (χ3v) is 3.87. The molecule has 2 unspecified atom stereocenters. The van der Waals surface area contributed by atoms with E-state index in [2.05, 4.69) is 28.9 Å². The van der Waals surface area contributed by atoms with Crippen LogP contribution in [0.4, 0.5) is 5.69 Å². The van der Waals surface area contributed by atoms with Crippen molar-refractivity contribution in [3.05, 3.63) is 24.0 Å². The first-order chi connectivity index (χ1) is 8.26. The largest absolute Gasteiger partial charge is 0.368 e. The van der Waals surface area contributed by atoms with Crippen molar-refractivity contribution >= 4 is 5.69 Å². The van der Waals surface area contributed by atoms with Crippen molar-refractivity contribution in [3.8, 4) is 0 Å². The minimum Gasteiger partial charge on any atom is -0.368 e. The van der Waals surface area contributed by atoms with Crippen LogP contribution in [0.15, 0.2) is 18.3 Å². The molecule has 2 N–H and O–H groups in total. The summed E-state index contributed by atoms with van der Waals surface area (Å²) >= 11 is 0. The summed E-state index contributed by atoms with van der Waals surface area (Å²) in [5, 5.41) is 0. The van der Waals surface area contributed by atoms with Gasteiger partial charge in [0.25, 0.3) is 0 Å². The predicted octanol–water partition coefficient (Wildman–Crippen LogP) is 2.34. The average molecular weight is 233 g/mol. The van der Waals surface area contributed by atoms with Crippen LogP contribution in [0.3, 0.4) is 0 Å². The van der Waals surface area contributed by atoms with Gasteiger partial charge in [-0.2, -0.15) is 0 Å². The number of pyridine rings is 1. The topological polar surface area (TPSA) is 42.2 Å². The van der Waals surface area contributed by atoms with E-state index in [0.717, 1.165) is 18.8 Å². The summed E-state index contributed by atoms with van der Waals surface area (Å²) in [4.78, 5) is 6.77. The Morgan fingerprint density at radius 2 is 2.29 bits per heavy atom. The van der Waals surface area contributed by atoms with Crippen molar-refractivity contribution in [2.45, 2.75) is 39.2 Å². The van der Waals surface area contributed by atoms with E-state index in [-0.39, 0.29) is 0 Å². The van der Waals surface area contributed by atoms with Gasteiger partial charge in [-0.05, 0) is 51.3 Å². The summed E-state index contributed by atoms with van der Waals surface area (Å²) in [7, 11) is 0. The van der Waals surface area contributed by atoms with Gasteiger partial charge < -0.3 is 10.6 Å². The molecular formula is C14H23N3. The third kappa shape index (κ3) is 2.60. The van der Waals surface area contributed by atoms with Crippen molar-refractivity contribution in [1.29, 1.82) is 0 Å². The fraction of sp³-hybridized carbons (Fsp3) is 0.643. The summed E-state index contributed by atoms with van der Waals surface area (Å²) in [6.07, 6.45) is 5.77. The Hall–Kier alpha value is -1.09. The van der Waals surface area contributed by atoms with Crippen LogP contribution in [-0.2, 0) is 0 Å². The maximum Gasteiger partial charge on any atom is 0.0402 e. The Morgan fingerprint density at radius 1 is 1.47 bits per heavy atom. The highest BCUT2D eigenvalue weighted by Gasteiger charge is 2.30. The van der Waals surface area contributed by atoms with Gasteiger partial charge in [-0.15, -0.1) is 0 Å². The van der Waals surface area contributed by atoms with Crippen LogP contribution >= 0.6 is 0 Å². The molecule has 1 aromatic heterocycles. The Morgan fingerprint density at radius 3 is 2.94 bits per heavy atom. The molecule has 17 heavy (non-hydrogen) atoms. The Bertz CT molecular complexity index is 364. The molecule has 94 valence electrons. The number of aromatic nitrogens is 1. The average Bonchev–Trinajstić information content (AvgIpc) is 2.78. The summed E-state index contributed by atoms with van der Waals surface area (Å²) < 4.78 is 0. The van der Waals surface area contributed by atoms with E-state index in [1.807, 2.05) is 13.1 Å². The van der Waals surface area contributed by atoms with Crippen LogP contribution in [0.5, 0.6) is 0 Å². The van der Waals surface area contributed by atoms with Crippen molar-refractivity contribution in [2.24, 2.45) is 11.7 Å². The summed E-state index contributed by atoms with van der Waals surface area (Å²) in [5.74, 6) is 0.656. The van der Waals surface area contributed by atoms with Gasteiger partial charge in [0.15, 0.2) is 0 Å². The third-order valence-electron chi connectivity index (χ3n) is 3.87. The zero-order chi connectivity index (χ0) is 12.3. The lowest BCUT2D eigenvalue weighted by atomic mass is 10.0. The minimum absolute atomic E-state index is 0.617. The first-order valence-electron chi connectivity index (χ1n) is 6.65. The zero-order valence-corrected chi connectivity index (χ0v) is 10.9. The first-order valence-corrected chi connectivity index (χ1v) is 6.65. The van der Waals surface area contributed by atoms with E-state index in [0.29, 0.717) is 12.0 Å². The molecule has 1 heterocycles. The number of aryl methyl sites for hydroxylation is 1. The predicted molar refractivity (Wildman–Crippen MR) is 72.2 cm³/mol. The quantitative estimate of drug-likeness (QED) is 0.868. The van der Waals surface area contributed by atoms with E-state index >= 15 is 0 Å². The smallest absolute Gasteiger partial charge is 0.0402 e. The molecule has 0 bridgehead atoms. The molecule has 0 aromatic carbocycles. The van der Waals surface area contributed by atoms with Gasteiger partial charge in [0.1, 0.15) is 0 Å². The lowest BCUT2D eigenvalue weighted by molar-refractivity contribution is 0.462. The maximum atomic E-state index is 5.89. The van der Waals surface area contributed by atoms with E-state index < -0.39 is 0 Å². The second kappa shape index (κ2) is 5.50. The molecule has 1 aromatic rings. The highest BCUT2D eigenvalue weighted by Crippen LogP contribution is 2.32. The normalized spacial score (nSPS) is 23.9. The van der Waals surface area contributed by atoms with Crippen LogP contribution < -0.4 is 10.6 Å². The number of hydrogen-bond donors (Lipinski definition) is 1. The molecule has 1 fully saturated rings. The van der Waals surface area contributed by atoms with Gasteiger partial charge in [-0.1, -0.05) is 6.42 Å². The molecule has 2 rings (SSSR count). The highest BCUT2D eigenvalue weighted by molar-refractivity contribution is 5.47. The van der Waals surface area contributed by atoms with E-state index in [1.165, 1.54) is 24.9 Å². The lowest BCUT2D eigenvalue weighted by Gasteiger charge is -2.34. The van der Waals surface area contributed by atoms with Gasteiger partial charge in [-0.3, -0.25) is 4.98 Å². The molecule has 1 aliphatic rings. The molecule has 3 heteroatoms. The fourth-order valence-electron chi connectivity index (χ4n) is 3.02. The molecule has 0 spiro atoms. The minimum atomic E-state index is 0.617. The zero-order valence-electron chi connectivity index (χ0n) is 10.9. The maximum absolute atomic E-state index is 5.89. The molecule has 0 aliphatic heterocycles. The summed E-state index contributed by atoms with van der Waals surface area (Å²) in [5.41, 5.74) is 8.27. The Kier molecular flexibility index (Phi) is 4.00. The van der Waals surface area contributed by atoms with Crippen molar-refractivity contribution in [1.82, 2.24) is 4.98 Å². The standard InChI is InChI=1S/C14H23N3/c1-3-17(13-7-8-16-11(2)9-13)14-6-4-5-12(14)10-15/h7-9,12,14H,3-6,10,15H2,1-2H3. The SMILES string of the molecule is CCN(c1ccnc(C)c1)C1CCCC1CN. The van der Waals surface area contributed by atoms with Crippen molar-refractivity contribution in [2.75, 3.05) is 18.0 Å². The van der Waals surface area contributed by atoms with Gasteiger partial charge in [-0.25, -0.2) is 0 Å².